The van der Waals surface area contributed by atoms with Gasteiger partial charge < -0.3 is 10.6 Å². The average molecular weight is 273 g/mol. The Labute approximate surface area is 118 Å². The van der Waals surface area contributed by atoms with E-state index in [1.54, 1.807) is 42.7 Å². The van der Waals surface area contributed by atoms with Crippen LogP contribution >= 0.6 is 0 Å². The second kappa shape index (κ2) is 6.29. The van der Waals surface area contributed by atoms with Gasteiger partial charge in [-0.25, -0.2) is 0 Å². The first-order valence-corrected chi connectivity index (χ1v) is 6.55. The number of aryl methyl sites for hydroxylation is 1. The Balaban J connectivity index is 2.19. The maximum absolute atomic E-state index is 12.5. The minimum Gasteiger partial charge on any atom is -0.330 e. The summed E-state index contributed by atoms with van der Waals surface area (Å²) in [6.07, 6.45) is 5.79. The Kier molecular flexibility index (Phi) is 4.47. The Morgan fingerprint density at radius 3 is 2.75 bits per heavy atom. The molecule has 2 N–H and O–H groups in total. The van der Waals surface area contributed by atoms with Crippen LogP contribution in [-0.2, 0) is 6.54 Å². The first-order chi connectivity index (χ1) is 9.65. The molecule has 0 unspecified atom stereocenters. The van der Waals surface area contributed by atoms with Crippen molar-refractivity contribution in [1.82, 2.24) is 14.8 Å². The van der Waals surface area contributed by atoms with Crippen LogP contribution in [0.1, 0.15) is 22.5 Å². The van der Waals surface area contributed by atoms with E-state index in [-0.39, 0.29) is 5.91 Å². The lowest BCUT2D eigenvalue weighted by Gasteiger charge is -2.16. The number of nitrogens with zero attached hydrogens (tertiary/aromatic N) is 4. The smallest absolute Gasteiger partial charge is 0.261 e. The molecule has 2 heterocycles. The van der Waals surface area contributed by atoms with Crippen LogP contribution in [0.2, 0.25) is 0 Å². The molecule has 0 aromatic carbocycles. The van der Waals surface area contributed by atoms with E-state index in [1.165, 1.54) is 0 Å². The van der Waals surface area contributed by atoms with Gasteiger partial charge >= 0.3 is 0 Å². The SMILES string of the molecule is Cc1c(C(=O)N(C)c2ccncc2)cnn1CCCN. The number of pyridine rings is 1. The van der Waals surface area contributed by atoms with Crippen molar-refractivity contribution in [2.45, 2.75) is 19.9 Å². The van der Waals surface area contributed by atoms with Gasteiger partial charge in [-0.15, -0.1) is 0 Å². The normalized spacial score (nSPS) is 10.6. The van der Waals surface area contributed by atoms with Gasteiger partial charge in [0.15, 0.2) is 0 Å². The van der Waals surface area contributed by atoms with Gasteiger partial charge in [-0.1, -0.05) is 0 Å². The summed E-state index contributed by atoms with van der Waals surface area (Å²) in [6, 6.07) is 3.60. The lowest BCUT2D eigenvalue weighted by molar-refractivity contribution is 0.0992. The molecule has 0 saturated heterocycles. The number of amides is 1. The molecule has 2 rings (SSSR count). The van der Waals surface area contributed by atoms with Crippen LogP contribution in [0.15, 0.2) is 30.7 Å². The van der Waals surface area contributed by atoms with Crippen LogP contribution < -0.4 is 10.6 Å². The Morgan fingerprint density at radius 2 is 2.10 bits per heavy atom. The molecule has 2 aromatic heterocycles. The van der Waals surface area contributed by atoms with Crippen LogP contribution in [0.4, 0.5) is 5.69 Å². The Hall–Kier alpha value is -2.21. The summed E-state index contributed by atoms with van der Waals surface area (Å²) in [5, 5.41) is 4.25. The molecule has 0 bridgehead atoms. The first-order valence-electron chi connectivity index (χ1n) is 6.55. The summed E-state index contributed by atoms with van der Waals surface area (Å²) in [4.78, 5) is 18.0. The van der Waals surface area contributed by atoms with Crippen LogP contribution in [0.25, 0.3) is 0 Å². The average Bonchev–Trinajstić information content (AvgIpc) is 2.85. The summed E-state index contributed by atoms with van der Waals surface area (Å²) in [5.74, 6) is -0.0762. The standard InChI is InChI=1S/C14H19N5O/c1-11-13(10-17-19(11)9-3-6-15)14(20)18(2)12-4-7-16-8-5-12/h4-5,7-8,10H,3,6,9,15H2,1-2H3. The lowest BCUT2D eigenvalue weighted by atomic mass is 10.2. The molecule has 0 saturated carbocycles. The van der Waals surface area contributed by atoms with E-state index in [9.17, 15) is 4.79 Å². The molecular formula is C14H19N5O. The monoisotopic (exact) mass is 273 g/mol. The Bertz CT molecular complexity index is 579. The van der Waals surface area contributed by atoms with Crippen LogP contribution in [0.3, 0.4) is 0 Å². The Morgan fingerprint density at radius 1 is 1.40 bits per heavy atom. The molecule has 0 aliphatic carbocycles. The van der Waals surface area contributed by atoms with Crippen molar-refractivity contribution < 1.29 is 4.79 Å². The van der Waals surface area contributed by atoms with Gasteiger partial charge in [0.25, 0.3) is 5.91 Å². The number of carbonyl (C=O) groups excluding carboxylic acids is 1. The highest BCUT2D eigenvalue weighted by Gasteiger charge is 2.18. The highest BCUT2D eigenvalue weighted by Crippen LogP contribution is 2.16. The molecule has 1 amide bonds. The quantitative estimate of drug-likeness (QED) is 0.888. The van der Waals surface area contributed by atoms with E-state index in [0.717, 1.165) is 24.3 Å². The number of hydrogen-bond acceptors (Lipinski definition) is 4. The van der Waals surface area contributed by atoms with E-state index < -0.39 is 0 Å². The van der Waals surface area contributed by atoms with Gasteiger partial charge in [0, 0.05) is 37.4 Å². The second-order valence-corrected chi connectivity index (χ2v) is 4.58. The van der Waals surface area contributed by atoms with E-state index in [0.29, 0.717) is 12.1 Å². The van der Waals surface area contributed by atoms with Crippen molar-refractivity contribution >= 4 is 11.6 Å². The fourth-order valence-corrected chi connectivity index (χ4v) is 1.99. The summed E-state index contributed by atoms with van der Waals surface area (Å²) in [7, 11) is 1.74. The molecular weight excluding hydrogens is 254 g/mol. The zero-order valence-corrected chi connectivity index (χ0v) is 11.8. The summed E-state index contributed by atoms with van der Waals surface area (Å²) < 4.78 is 1.82. The molecule has 0 spiro atoms. The molecule has 0 fully saturated rings. The molecule has 0 aliphatic heterocycles. The van der Waals surface area contributed by atoms with Gasteiger partial charge in [0.2, 0.25) is 0 Å². The number of rotatable bonds is 5. The van der Waals surface area contributed by atoms with Crippen LogP contribution in [-0.4, -0.2) is 34.3 Å². The minimum absolute atomic E-state index is 0.0762. The summed E-state index contributed by atoms with van der Waals surface area (Å²) in [5.41, 5.74) is 7.78. The zero-order valence-electron chi connectivity index (χ0n) is 11.8. The lowest BCUT2D eigenvalue weighted by Crippen LogP contribution is -2.26. The molecule has 2 aromatic rings. The topological polar surface area (TPSA) is 77.0 Å². The van der Waals surface area contributed by atoms with E-state index in [2.05, 4.69) is 10.1 Å². The predicted octanol–water partition coefficient (Wildman–Crippen LogP) is 1.21. The van der Waals surface area contributed by atoms with E-state index in [1.807, 2.05) is 11.6 Å². The molecule has 106 valence electrons. The third kappa shape index (κ3) is 2.85. The summed E-state index contributed by atoms with van der Waals surface area (Å²) >= 11 is 0. The molecule has 0 atom stereocenters. The van der Waals surface area contributed by atoms with Crippen LogP contribution in [0, 0.1) is 6.92 Å². The highest BCUT2D eigenvalue weighted by atomic mass is 16.2. The predicted molar refractivity (Wildman–Crippen MR) is 77.6 cm³/mol. The number of nitrogens with two attached hydrogens (primary N) is 1. The number of carbonyl (C=O) groups is 1. The van der Waals surface area contributed by atoms with Gasteiger partial charge in [-0.2, -0.15) is 5.10 Å². The van der Waals surface area contributed by atoms with Crippen molar-refractivity contribution in [2.24, 2.45) is 5.73 Å². The molecule has 20 heavy (non-hydrogen) atoms. The first kappa shape index (κ1) is 14.2. The number of anilines is 1. The van der Waals surface area contributed by atoms with E-state index in [4.69, 9.17) is 5.73 Å². The third-order valence-corrected chi connectivity index (χ3v) is 3.26. The largest absolute Gasteiger partial charge is 0.330 e. The molecule has 6 nitrogen and oxygen atoms in total. The van der Waals surface area contributed by atoms with Crippen molar-refractivity contribution in [3.8, 4) is 0 Å². The number of hydrogen-bond donors (Lipinski definition) is 1. The third-order valence-electron chi connectivity index (χ3n) is 3.26. The van der Waals surface area contributed by atoms with Crippen molar-refractivity contribution in [1.29, 1.82) is 0 Å². The van der Waals surface area contributed by atoms with Crippen LogP contribution in [0.5, 0.6) is 0 Å². The van der Waals surface area contributed by atoms with Gasteiger partial charge in [0.1, 0.15) is 0 Å². The maximum atomic E-state index is 12.5. The van der Waals surface area contributed by atoms with E-state index >= 15 is 0 Å². The fourth-order valence-electron chi connectivity index (χ4n) is 1.99. The van der Waals surface area contributed by atoms with Gasteiger partial charge in [-0.3, -0.25) is 14.5 Å². The fraction of sp³-hybridized carbons (Fsp3) is 0.357. The van der Waals surface area contributed by atoms with Crippen molar-refractivity contribution in [2.75, 3.05) is 18.5 Å². The van der Waals surface area contributed by atoms with Gasteiger partial charge in [-0.05, 0) is 32.0 Å². The zero-order chi connectivity index (χ0) is 14.5. The highest BCUT2D eigenvalue weighted by molar-refractivity contribution is 6.06. The molecule has 0 radical (unpaired) electrons. The van der Waals surface area contributed by atoms with Crippen molar-refractivity contribution in [3.05, 3.63) is 42.0 Å². The maximum Gasteiger partial charge on any atom is 0.261 e. The minimum atomic E-state index is -0.0762. The van der Waals surface area contributed by atoms with Crippen molar-refractivity contribution in [3.63, 3.8) is 0 Å². The number of aromatic nitrogens is 3. The van der Waals surface area contributed by atoms with Gasteiger partial charge in [0.05, 0.1) is 11.8 Å². The molecule has 0 aliphatic rings. The second-order valence-electron chi connectivity index (χ2n) is 4.58. The molecule has 6 heteroatoms. The summed E-state index contributed by atoms with van der Waals surface area (Å²) in [6.45, 7) is 3.24.